The third-order valence-corrected chi connectivity index (χ3v) is 6.09. The summed E-state index contributed by atoms with van der Waals surface area (Å²) in [5, 5.41) is 0. The fraction of sp³-hybridized carbons (Fsp3) is 0.400. The second-order valence-corrected chi connectivity index (χ2v) is 8.75. The molecule has 0 saturated carbocycles. The SMILES string of the molecule is COc1cc2c(cc1OC)C(c1ccccc1)N(CN1C(=O)C(=O)N(CC(C)C)C1=O)CC2. The van der Waals surface area contributed by atoms with Crippen LogP contribution in [0.15, 0.2) is 42.5 Å². The van der Waals surface area contributed by atoms with Gasteiger partial charge in [0.05, 0.1) is 26.9 Å². The molecule has 33 heavy (non-hydrogen) atoms. The zero-order chi connectivity index (χ0) is 23.7. The van der Waals surface area contributed by atoms with E-state index >= 15 is 0 Å². The molecule has 0 N–H and O–H groups in total. The quantitative estimate of drug-likeness (QED) is 0.476. The maximum atomic E-state index is 13.0. The van der Waals surface area contributed by atoms with Gasteiger partial charge in [0.25, 0.3) is 0 Å². The van der Waals surface area contributed by atoms with Crippen LogP contribution in [0.1, 0.15) is 36.6 Å². The molecule has 8 nitrogen and oxygen atoms in total. The van der Waals surface area contributed by atoms with Crippen LogP contribution in [-0.2, 0) is 16.0 Å². The second kappa shape index (κ2) is 9.23. The predicted molar refractivity (Wildman–Crippen MR) is 122 cm³/mol. The predicted octanol–water partition coefficient (Wildman–Crippen LogP) is 3.06. The number of rotatable bonds is 7. The van der Waals surface area contributed by atoms with E-state index in [2.05, 4.69) is 4.90 Å². The Bertz CT molecular complexity index is 1070. The Hall–Kier alpha value is -3.39. The summed E-state index contributed by atoms with van der Waals surface area (Å²) >= 11 is 0. The molecule has 0 aromatic heterocycles. The van der Waals surface area contributed by atoms with E-state index < -0.39 is 17.8 Å². The first-order valence-electron chi connectivity index (χ1n) is 11.1. The Morgan fingerprint density at radius 3 is 2.21 bits per heavy atom. The van der Waals surface area contributed by atoms with E-state index in [1.807, 2.05) is 56.3 Å². The molecule has 2 aromatic rings. The van der Waals surface area contributed by atoms with Gasteiger partial charge in [-0.15, -0.1) is 0 Å². The number of urea groups is 1. The van der Waals surface area contributed by atoms with E-state index in [4.69, 9.17) is 9.47 Å². The minimum atomic E-state index is -0.773. The van der Waals surface area contributed by atoms with Crippen LogP contribution in [0.25, 0.3) is 0 Å². The number of hydrogen-bond acceptors (Lipinski definition) is 6. The zero-order valence-electron chi connectivity index (χ0n) is 19.4. The van der Waals surface area contributed by atoms with E-state index in [1.165, 1.54) is 0 Å². The molecule has 4 amide bonds. The summed E-state index contributed by atoms with van der Waals surface area (Å²) in [4.78, 5) is 42.3. The number of nitrogens with zero attached hydrogens (tertiary/aromatic N) is 3. The monoisotopic (exact) mass is 451 g/mol. The molecule has 2 aromatic carbocycles. The highest BCUT2D eigenvalue weighted by molar-refractivity contribution is 6.44. The van der Waals surface area contributed by atoms with Gasteiger partial charge < -0.3 is 9.47 Å². The standard InChI is InChI=1S/C25H29N3O5/c1-16(2)14-27-23(29)24(30)28(25(27)31)15-26-11-10-18-12-20(32-3)21(33-4)13-19(18)22(26)17-8-6-5-7-9-17/h5-9,12-13,16,22H,10-11,14-15H2,1-4H3. The largest absolute Gasteiger partial charge is 0.493 e. The van der Waals surface area contributed by atoms with Gasteiger partial charge in [-0.2, -0.15) is 0 Å². The molecule has 2 aliphatic heterocycles. The van der Waals surface area contributed by atoms with Crippen molar-refractivity contribution in [1.29, 1.82) is 0 Å². The first-order valence-corrected chi connectivity index (χ1v) is 11.1. The number of hydrogen-bond donors (Lipinski definition) is 0. The minimum Gasteiger partial charge on any atom is -0.493 e. The number of methoxy groups -OCH3 is 2. The van der Waals surface area contributed by atoms with Crippen LogP contribution < -0.4 is 9.47 Å². The van der Waals surface area contributed by atoms with E-state index in [-0.39, 0.29) is 25.2 Å². The minimum absolute atomic E-state index is 0.0331. The Morgan fingerprint density at radius 2 is 1.58 bits per heavy atom. The molecule has 0 radical (unpaired) electrons. The Balaban J connectivity index is 1.71. The van der Waals surface area contributed by atoms with Gasteiger partial charge >= 0.3 is 17.8 Å². The number of amides is 4. The van der Waals surface area contributed by atoms with Crippen LogP contribution in [0, 0.1) is 5.92 Å². The van der Waals surface area contributed by atoms with Crippen LogP contribution >= 0.6 is 0 Å². The van der Waals surface area contributed by atoms with E-state index in [9.17, 15) is 14.4 Å². The van der Waals surface area contributed by atoms with Crippen molar-refractivity contribution in [2.24, 2.45) is 5.92 Å². The molecule has 2 heterocycles. The van der Waals surface area contributed by atoms with E-state index in [1.54, 1.807) is 14.2 Å². The number of carbonyl (C=O) groups excluding carboxylic acids is 3. The fourth-order valence-electron chi connectivity index (χ4n) is 4.56. The second-order valence-electron chi connectivity index (χ2n) is 8.75. The molecule has 1 atom stereocenters. The number of fused-ring (bicyclic) bond motifs is 1. The van der Waals surface area contributed by atoms with Gasteiger partial charge in [0, 0.05) is 13.1 Å². The smallest absolute Gasteiger partial charge is 0.335 e. The van der Waals surface area contributed by atoms with Crippen molar-refractivity contribution in [1.82, 2.24) is 14.7 Å². The molecule has 0 bridgehead atoms. The lowest BCUT2D eigenvalue weighted by molar-refractivity contribution is -0.144. The molecule has 8 heteroatoms. The average Bonchev–Trinajstić information content (AvgIpc) is 3.01. The zero-order valence-corrected chi connectivity index (χ0v) is 19.4. The molecule has 1 unspecified atom stereocenters. The fourth-order valence-corrected chi connectivity index (χ4v) is 4.56. The summed E-state index contributed by atoms with van der Waals surface area (Å²) in [7, 11) is 3.21. The number of ether oxygens (including phenoxy) is 2. The van der Waals surface area contributed by atoms with Crippen molar-refractivity contribution in [2.45, 2.75) is 26.3 Å². The first kappa shape index (κ1) is 22.8. The van der Waals surface area contributed by atoms with Crippen LogP contribution in [0.5, 0.6) is 11.5 Å². The van der Waals surface area contributed by atoms with Crippen LogP contribution in [-0.4, -0.2) is 66.5 Å². The molecular weight excluding hydrogens is 422 g/mol. The summed E-state index contributed by atoms with van der Waals surface area (Å²) in [5.41, 5.74) is 3.17. The average molecular weight is 452 g/mol. The van der Waals surface area contributed by atoms with Gasteiger partial charge in [0.15, 0.2) is 11.5 Å². The molecule has 2 aliphatic rings. The van der Waals surface area contributed by atoms with Gasteiger partial charge in [0.1, 0.15) is 0 Å². The van der Waals surface area contributed by atoms with Crippen molar-refractivity contribution >= 4 is 17.8 Å². The van der Waals surface area contributed by atoms with Gasteiger partial charge in [-0.3, -0.25) is 19.4 Å². The highest BCUT2D eigenvalue weighted by Crippen LogP contribution is 2.41. The molecule has 4 rings (SSSR count). The maximum Gasteiger partial charge on any atom is 0.335 e. The summed E-state index contributed by atoms with van der Waals surface area (Å²) in [6, 6.07) is 13.1. The molecular formula is C25H29N3O5. The van der Waals surface area contributed by atoms with Crippen molar-refractivity contribution in [3.8, 4) is 11.5 Å². The highest BCUT2D eigenvalue weighted by atomic mass is 16.5. The van der Waals surface area contributed by atoms with Crippen molar-refractivity contribution in [3.05, 3.63) is 59.2 Å². The molecule has 0 aliphatic carbocycles. The van der Waals surface area contributed by atoms with Crippen molar-refractivity contribution < 1.29 is 23.9 Å². The molecule has 1 fully saturated rings. The van der Waals surface area contributed by atoms with Gasteiger partial charge in [-0.1, -0.05) is 44.2 Å². The Morgan fingerprint density at radius 1 is 0.939 bits per heavy atom. The van der Waals surface area contributed by atoms with E-state index in [0.29, 0.717) is 24.5 Å². The Kier molecular flexibility index (Phi) is 6.37. The first-order chi connectivity index (χ1) is 15.8. The summed E-state index contributed by atoms with van der Waals surface area (Å²) in [6.45, 7) is 4.68. The van der Waals surface area contributed by atoms with Gasteiger partial charge in [-0.25, -0.2) is 9.69 Å². The topological polar surface area (TPSA) is 79.4 Å². The van der Waals surface area contributed by atoms with Gasteiger partial charge in [-0.05, 0) is 41.2 Å². The molecule has 174 valence electrons. The lowest BCUT2D eigenvalue weighted by Crippen LogP contribution is -2.46. The number of imide groups is 2. The lowest BCUT2D eigenvalue weighted by Gasteiger charge is -2.39. The summed E-state index contributed by atoms with van der Waals surface area (Å²) in [6.07, 6.45) is 0.707. The van der Waals surface area contributed by atoms with Crippen LogP contribution in [0.3, 0.4) is 0 Å². The van der Waals surface area contributed by atoms with Crippen LogP contribution in [0.4, 0.5) is 4.79 Å². The third-order valence-electron chi connectivity index (χ3n) is 6.09. The van der Waals surface area contributed by atoms with Crippen LogP contribution in [0.2, 0.25) is 0 Å². The van der Waals surface area contributed by atoms with Gasteiger partial charge in [0.2, 0.25) is 0 Å². The van der Waals surface area contributed by atoms with Crippen molar-refractivity contribution in [3.63, 3.8) is 0 Å². The van der Waals surface area contributed by atoms with E-state index in [0.717, 1.165) is 26.5 Å². The van der Waals surface area contributed by atoms with Crippen molar-refractivity contribution in [2.75, 3.05) is 34.0 Å². The Labute approximate surface area is 193 Å². The normalized spacial score (nSPS) is 18.8. The highest BCUT2D eigenvalue weighted by Gasteiger charge is 2.46. The lowest BCUT2D eigenvalue weighted by atomic mass is 9.88. The molecule has 1 saturated heterocycles. The maximum absolute atomic E-state index is 13.0. The summed E-state index contributed by atoms with van der Waals surface area (Å²) in [5.74, 6) is -0.173. The number of benzene rings is 2. The number of carbonyl (C=O) groups is 3. The molecule has 0 spiro atoms. The summed E-state index contributed by atoms with van der Waals surface area (Å²) < 4.78 is 11.0. The third kappa shape index (κ3) is 4.18.